The average Bonchev–Trinajstić information content (AvgIpc) is 2.71. The van der Waals surface area contributed by atoms with E-state index in [1.165, 1.54) is 11.3 Å². The molecule has 19 heavy (non-hydrogen) atoms. The van der Waals surface area contributed by atoms with Crippen molar-refractivity contribution in [2.24, 2.45) is 5.73 Å². The molecule has 1 aliphatic carbocycles. The van der Waals surface area contributed by atoms with E-state index in [1.54, 1.807) is 18.3 Å². The Morgan fingerprint density at radius 1 is 1.21 bits per heavy atom. The molecule has 0 aromatic carbocycles. The summed E-state index contributed by atoms with van der Waals surface area (Å²) in [5.74, 6) is 0. The molecule has 0 saturated carbocycles. The Hall–Kier alpha value is -0.620. The number of aryl methyl sites for hydroxylation is 2. The summed E-state index contributed by atoms with van der Waals surface area (Å²) in [5, 5.41) is 0.793. The molecule has 1 aromatic heterocycles. The number of aromatic nitrogens is 1. The Morgan fingerprint density at radius 2 is 1.89 bits per heavy atom. The minimum atomic E-state index is -4.10. The third-order valence-corrected chi connectivity index (χ3v) is 4.93. The topological polar surface area (TPSA) is 38.9 Å². The number of hydrogen-bond donors (Lipinski definition) is 1. The molecule has 1 unspecified atom stereocenters. The quantitative estimate of drug-likeness (QED) is 0.913. The van der Waals surface area contributed by atoms with Crippen LogP contribution in [0, 0.1) is 0 Å². The smallest absolute Gasteiger partial charge is 0.320 e. The Kier molecular flexibility index (Phi) is 4.20. The molecule has 0 fully saturated rings. The van der Waals surface area contributed by atoms with Crippen LogP contribution in [0.4, 0.5) is 13.2 Å². The summed E-state index contributed by atoms with van der Waals surface area (Å²) in [6, 6.07) is 0. The van der Waals surface area contributed by atoms with Gasteiger partial charge in [-0.05, 0) is 45.4 Å². The van der Waals surface area contributed by atoms with Crippen molar-refractivity contribution < 1.29 is 13.2 Å². The first kappa shape index (κ1) is 14.8. The van der Waals surface area contributed by atoms with Crippen LogP contribution in [-0.4, -0.2) is 11.2 Å². The van der Waals surface area contributed by atoms with Gasteiger partial charge in [0.2, 0.25) is 0 Å². The maximum absolute atomic E-state index is 12.2. The molecule has 1 atom stereocenters. The van der Waals surface area contributed by atoms with Crippen molar-refractivity contribution in [1.29, 1.82) is 0 Å². The van der Waals surface area contributed by atoms with E-state index in [-0.39, 0.29) is 6.42 Å². The Labute approximate surface area is 115 Å². The maximum Gasteiger partial charge on any atom is 0.389 e. The van der Waals surface area contributed by atoms with Crippen LogP contribution in [0.1, 0.15) is 54.6 Å². The number of halogens is 3. The SMILES string of the molecule is CC(N)(CCCC(F)(F)F)c1nc2c(s1)CCCC2. The summed E-state index contributed by atoms with van der Waals surface area (Å²) >= 11 is 1.58. The van der Waals surface area contributed by atoms with E-state index in [0.29, 0.717) is 6.42 Å². The number of thiazole rings is 1. The second kappa shape index (κ2) is 5.40. The summed E-state index contributed by atoms with van der Waals surface area (Å²) in [4.78, 5) is 5.82. The summed E-state index contributed by atoms with van der Waals surface area (Å²) in [5.41, 5.74) is 6.53. The number of hydrogen-bond acceptors (Lipinski definition) is 3. The first-order chi connectivity index (χ1) is 8.78. The van der Waals surface area contributed by atoms with Gasteiger partial charge in [-0.15, -0.1) is 11.3 Å². The van der Waals surface area contributed by atoms with Crippen molar-refractivity contribution in [2.75, 3.05) is 0 Å². The number of alkyl halides is 3. The predicted molar refractivity (Wildman–Crippen MR) is 70.2 cm³/mol. The second-order valence-corrected chi connectivity index (χ2v) is 6.57. The lowest BCUT2D eigenvalue weighted by molar-refractivity contribution is -0.136. The molecule has 2 N–H and O–H groups in total. The molecule has 1 heterocycles. The molecule has 0 aliphatic heterocycles. The standard InChI is InChI=1S/C13H19F3N2S/c1-12(17,7-4-8-13(14,15)16)11-18-9-5-2-3-6-10(9)19-11/h2-8,17H2,1H3. The van der Waals surface area contributed by atoms with E-state index < -0.39 is 18.1 Å². The fourth-order valence-corrected chi connectivity index (χ4v) is 3.60. The highest BCUT2D eigenvalue weighted by molar-refractivity contribution is 7.11. The molecule has 0 saturated heterocycles. The van der Waals surface area contributed by atoms with Crippen LogP contribution in [0.25, 0.3) is 0 Å². The fraction of sp³-hybridized carbons (Fsp3) is 0.769. The molecule has 6 heteroatoms. The van der Waals surface area contributed by atoms with Gasteiger partial charge >= 0.3 is 6.18 Å². The van der Waals surface area contributed by atoms with Gasteiger partial charge < -0.3 is 5.73 Å². The molecule has 2 rings (SSSR count). The first-order valence-electron chi connectivity index (χ1n) is 6.63. The molecule has 108 valence electrons. The van der Waals surface area contributed by atoms with Gasteiger partial charge in [0.15, 0.2) is 0 Å². The van der Waals surface area contributed by atoms with E-state index in [2.05, 4.69) is 4.98 Å². The second-order valence-electron chi connectivity index (χ2n) is 5.48. The number of rotatable bonds is 4. The molecule has 0 amide bonds. The minimum Gasteiger partial charge on any atom is -0.320 e. The lowest BCUT2D eigenvalue weighted by Gasteiger charge is -2.22. The molecular weight excluding hydrogens is 273 g/mol. The van der Waals surface area contributed by atoms with Gasteiger partial charge in [-0.25, -0.2) is 4.98 Å². The van der Waals surface area contributed by atoms with Crippen LogP contribution in [-0.2, 0) is 18.4 Å². The van der Waals surface area contributed by atoms with Gasteiger partial charge in [0.05, 0.1) is 11.2 Å². The summed E-state index contributed by atoms with van der Waals surface area (Å²) < 4.78 is 36.5. The van der Waals surface area contributed by atoms with Crippen molar-refractivity contribution in [2.45, 2.75) is 63.6 Å². The fourth-order valence-electron chi connectivity index (χ4n) is 2.36. The molecule has 0 radical (unpaired) electrons. The number of fused-ring (bicyclic) bond motifs is 1. The Bertz CT molecular complexity index is 414. The number of nitrogens with zero attached hydrogens (tertiary/aromatic N) is 1. The zero-order valence-electron chi connectivity index (χ0n) is 11.0. The Morgan fingerprint density at radius 3 is 2.53 bits per heavy atom. The van der Waals surface area contributed by atoms with Crippen molar-refractivity contribution in [1.82, 2.24) is 4.98 Å². The van der Waals surface area contributed by atoms with Crippen LogP contribution >= 0.6 is 11.3 Å². The van der Waals surface area contributed by atoms with Crippen molar-refractivity contribution in [3.05, 3.63) is 15.6 Å². The zero-order chi connectivity index (χ0) is 14.1. The van der Waals surface area contributed by atoms with Crippen molar-refractivity contribution in [3.8, 4) is 0 Å². The monoisotopic (exact) mass is 292 g/mol. The highest BCUT2D eigenvalue weighted by Gasteiger charge is 2.31. The van der Waals surface area contributed by atoms with E-state index in [1.807, 2.05) is 0 Å². The largest absolute Gasteiger partial charge is 0.389 e. The van der Waals surface area contributed by atoms with Crippen LogP contribution < -0.4 is 5.73 Å². The zero-order valence-corrected chi connectivity index (χ0v) is 11.8. The molecule has 2 nitrogen and oxygen atoms in total. The van der Waals surface area contributed by atoms with E-state index in [4.69, 9.17) is 5.73 Å². The van der Waals surface area contributed by atoms with Crippen LogP contribution in [0.2, 0.25) is 0 Å². The van der Waals surface area contributed by atoms with E-state index in [0.717, 1.165) is 30.0 Å². The van der Waals surface area contributed by atoms with Gasteiger partial charge in [0, 0.05) is 11.3 Å². The van der Waals surface area contributed by atoms with E-state index >= 15 is 0 Å². The van der Waals surface area contributed by atoms with Gasteiger partial charge in [0.1, 0.15) is 5.01 Å². The van der Waals surface area contributed by atoms with Gasteiger partial charge in [0.25, 0.3) is 0 Å². The molecule has 0 bridgehead atoms. The lowest BCUT2D eigenvalue weighted by atomic mass is 9.96. The van der Waals surface area contributed by atoms with Crippen molar-refractivity contribution in [3.63, 3.8) is 0 Å². The van der Waals surface area contributed by atoms with Crippen molar-refractivity contribution >= 4 is 11.3 Å². The lowest BCUT2D eigenvalue weighted by Crippen LogP contribution is -2.33. The highest BCUT2D eigenvalue weighted by atomic mass is 32.1. The molecule has 0 spiro atoms. The predicted octanol–water partition coefficient (Wildman–Crippen LogP) is 3.93. The minimum absolute atomic E-state index is 0.0563. The third-order valence-electron chi connectivity index (χ3n) is 3.49. The van der Waals surface area contributed by atoms with Crippen LogP contribution in [0.5, 0.6) is 0 Å². The Balaban J connectivity index is 2.00. The maximum atomic E-state index is 12.2. The number of nitrogens with two attached hydrogens (primary N) is 1. The third kappa shape index (κ3) is 3.92. The van der Waals surface area contributed by atoms with Gasteiger partial charge in [-0.2, -0.15) is 13.2 Å². The molecular formula is C13H19F3N2S. The van der Waals surface area contributed by atoms with E-state index in [9.17, 15) is 13.2 Å². The van der Waals surface area contributed by atoms with Crippen LogP contribution in [0.3, 0.4) is 0 Å². The average molecular weight is 292 g/mol. The summed E-state index contributed by atoms with van der Waals surface area (Å²) in [6.45, 7) is 1.79. The normalized spacial score (nSPS) is 19.0. The van der Waals surface area contributed by atoms with Gasteiger partial charge in [-0.3, -0.25) is 0 Å². The molecule has 1 aromatic rings. The highest BCUT2D eigenvalue weighted by Crippen LogP contribution is 2.34. The summed E-state index contributed by atoms with van der Waals surface area (Å²) in [7, 11) is 0. The van der Waals surface area contributed by atoms with Crippen LogP contribution in [0.15, 0.2) is 0 Å². The first-order valence-corrected chi connectivity index (χ1v) is 7.44. The summed E-state index contributed by atoms with van der Waals surface area (Å²) in [6.07, 6.45) is -0.172. The molecule has 1 aliphatic rings. The van der Waals surface area contributed by atoms with Gasteiger partial charge in [-0.1, -0.05) is 0 Å².